The summed E-state index contributed by atoms with van der Waals surface area (Å²) < 4.78 is 10.5. The molecule has 5 nitrogen and oxygen atoms in total. The molecule has 21 heavy (non-hydrogen) atoms. The maximum Gasteiger partial charge on any atom is 0.244 e. The fourth-order valence-electron chi connectivity index (χ4n) is 3.51. The molecule has 122 valence electrons. The summed E-state index contributed by atoms with van der Waals surface area (Å²) in [6.07, 6.45) is 5.46. The quantitative estimate of drug-likeness (QED) is 0.694. The van der Waals surface area contributed by atoms with Gasteiger partial charge in [0.2, 0.25) is 5.91 Å². The molecule has 0 radical (unpaired) electrons. The maximum atomic E-state index is 12.8. The van der Waals surface area contributed by atoms with Gasteiger partial charge in [-0.25, -0.2) is 0 Å². The summed E-state index contributed by atoms with van der Waals surface area (Å²) in [6, 6.07) is 0. The standard InChI is InChI=1S/C16H30N2O3/c1-13(2)12-14-17-16(6-4-5-7-16)15(19)18(14)8-9-21-11-10-20-3/h13-14,17H,4-12H2,1-3H3. The van der Waals surface area contributed by atoms with Crippen molar-refractivity contribution in [1.82, 2.24) is 10.2 Å². The highest BCUT2D eigenvalue weighted by atomic mass is 16.5. The Hall–Kier alpha value is -0.650. The van der Waals surface area contributed by atoms with Gasteiger partial charge in [0.05, 0.1) is 31.5 Å². The van der Waals surface area contributed by atoms with Crippen LogP contribution in [0.1, 0.15) is 46.0 Å². The Kier molecular flexibility index (Phi) is 6.02. The molecule has 0 aromatic carbocycles. The molecule has 2 fully saturated rings. The smallest absolute Gasteiger partial charge is 0.244 e. The zero-order valence-electron chi connectivity index (χ0n) is 13.7. The lowest BCUT2D eigenvalue weighted by molar-refractivity contribution is -0.134. The van der Waals surface area contributed by atoms with Crippen molar-refractivity contribution in [2.24, 2.45) is 5.92 Å². The third-order valence-corrected chi connectivity index (χ3v) is 4.55. The van der Waals surface area contributed by atoms with Crippen molar-refractivity contribution in [3.05, 3.63) is 0 Å². The number of carbonyl (C=O) groups excluding carboxylic acids is 1. The molecular weight excluding hydrogens is 268 g/mol. The van der Waals surface area contributed by atoms with E-state index in [4.69, 9.17) is 9.47 Å². The van der Waals surface area contributed by atoms with E-state index in [0.717, 1.165) is 32.1 Å². The molecule has 1 saturated carbocycles. The van der Waals surface area contributed by atoms with Crippen molar-refractivity contribution in [3.8, 4) is 0 Å². The predicted molar refractivity (Wildman–Crippen MR) is 82.0 cm³/mol. The van der Waals surface area contributed by atoms with Crippen molar-refractivity contribution in [2.75, 3.05) is 33.5 Å². The minimum absolute atomic E-state index is 0.168. The van der Waals surface area contributed by atoms with Crippen molar-refractivity contribution in [2.45, 2.75) is 57.7 Å². The summed E-state index contributed by atoms with van der Waals surface area (Å²) in [5.74, 6) is 0.866. The highest BCUT2D eigenvalue weighted by molar-refractivity contribution is 5.89. The predicted octanol–water partition coefficient (Wildman–Crippen LogP) is 1.77. The van der Waals surface area contributed by atoms with Crippen LogP contribution in [-0.4, -0.2) is 56.0 Å². The summed E-state index contributed by atoms with van der Waals surface area (Å²) in [5.41, 5.74) is -0.272. The molecule has 1 spiro atoms. The minimum Gasteiger partial charge on any atom is -0.382 e. The van der Waals surface area contributed by atoms with Crippen LogP contribution in [0.2, 0.25) is 0 Å². The van der Waals surface area contributed by atoms with Gasteiger partial charge in [-0.1, -0.05) is 26.7 Å². The Balaban J connectivity index is 1.92. The van der Waals surface area contributed by atoms with Gasteiger partial charge in [-0.05, 0) is 25.2 Å². The number of hydrogen-bond acceptors (Lipinski definition) is 4. The fraction of sp³-hybridized carbons (Fsp3) is 0.938. The monoisotopic (exact) mass is 298 g/mol. The molecule has 0 bridgehead atoms. The first-order valence-electron chi connectivity index (χ1n) is 8.24. The number of nitrogens with one attached hydrogen (secondary N) is 1. The second-order valence-electron chi connectivity index (χ2n) is 6.68. The third kappa shape index (κ3) is 3.96. The largest absolute Gasteiger partial charge is 0.382 e. The molecule has 5 heteroatoms. The zero-order valence-corrected chi connectivity index (χ0v) is 13.7. The highest BCUT2D eigenvalue weighted by Crippen LogP contribution is 2.37. The van der Waals surface area contributed by atoms with Crippen molar-refractivity contribution < 1.29 is 14.3 Å². The van der Waals surface area contributed by atoms with Gasteiger partial charge < -0.3 is 14.4 Å². The topological polar surface area (TPSA) is 50.8 Å². The zero-order chi connectivity index (χ0) is 15.3. The highest BCUT2D eigenvalue weighted by Gasteiger charge is 2.51. The summed E-state index contributed by atoms with van der Waals surface area (Å²) in [6.45, 7) is 6.87. The second-order valence-corrected chi connectivity index (χ2v) is 6.68. The van der Waals surface area contributed by atoms with Crippen LogP contribution >= 0.6 is 0 Å². The molecule has 1 saturated heterocycles. The average Bonchev–Trinajstić information content (AvgIpc) is 2.99. The van der Waals surface area contributed by atoms with Gasteiger partial charge in [-0.2, -0.15) is 0 Å². The molecule has 2 aliphatic rings. The van der Waals surface area contributed by atoms with Crippen LogP contribution in [0.25, 0.3) is 0 Å². The van der Waals surface area contributed by atoms with Gasteiger partial charge in [-0.3, -0.25) is 10.1 Å². The lowest BCUT2D eigenvalue weighted by atomic mass is 9.98. The maximum absolute atomic E-state index is 12.8. The lowest BCUT2D eigenvalue weighted by Gasteiger charge is -2.25. The SMILES string of the molecule is COCCOCCN1C(=O)C2(CCCC2)NC1CC(C)C. The summed E-state index contributed by atoms with van der Waals surface area (Å²) in [5, 5.41) is 3.65. The van der Waals surface area contributed by atoms with Crippen LogP contribution in [0.4, 0.5) is 0 Å². The van der Waals surface area contributed by atoms with Crippen molar-refractivity contribution in [1.29, 1.82) is 0 Å². The van der Waals surface area contributed by atoms with Crippen molar-refractivity contribution >= 4 is 5.91 Å². The average molecular weight is 298 g/mol. The minimum atomic E-state index is -0.272. The number of amides is 1. The normalized spacial score (nSPS) is 24.7. The van der Waals surface area contributed by atoms with E-state index < -0.39 is 0 Å². The third-order valence-electron chi connectivity index (χ3n) is 4.55. The molecule has 1 aliphatic carbocycles. The summed E-state index contributed by atoms with van der Waals surface area (Å²) >= 11 is 0. The van der Waals surface area contributed by atoms with Gasteiger partial charge >= 0.3 is 0 Å². The number of rotatable bonds is 8. The molecule has 1 amide bonds. The van der Waals surface area contributed by atoms with Gasteiger partial charge in [0.15, 0.2) is 0 Å². The fourth-order valence-corrected chi connectivity index (χ4v) is 3.51. The Morgan fingerprint density at radius 1 is 1.29 bits per heavy atom. The van der Waals surface area contributed by atoms with E-state index in [0.29, 0.717) is 38.2 Å². The van der Waals surface area contributed by atoms with Crippen LogP contribution in [-0.2, 0) is 14.3 Å². The van der Waals surface area contributed by atoms with Gasteiger partial charge in [0.25, 0.3) is 0 Å². The molecule has 1 unspecified atom stereocenters. The van der Waals surface area contributed by atoms with E-state index in [2.05, 4.69) is 19.2 Å². The van der Waals surface area contributed by atoms with Crippen LogP contribution in [0.3, 0.4) is 0 Å². The first-order valence-corrected chi connectivity index (χ1v) is 8.24. The molecule has 2 rings (SSSR count). The Morgan fingerprint density at radius 2 is 2.00 bits per heavy atom. The van der Waals surface area contributed by atoms with Crippen LogP contribution in [0, 0.1) is 5.92 Å². The molecule has 0 aromatic rings. The second kappa shape index (κ2) is 7.56. The van der Waals surface area contributed by atoms with E-state index in [1.54, 1.807) is 7.11 Å². The number of carbonyl (C=O) groups is 1. The number of methoxy groups -OCH3 is 1. The number of nitrogens with zero attached hydrogens (tertiary/aromatic N) is 1. The van der Waals surface area contributed by atoms with Gasteiger partial charge in [0, 0.05) is 13.7 Å². The van der Waals surface area contributed by atoms with E-state index in [1.807, 2.05) is 4.90 Å². The van der Waals surface area contributed by atoms with E-state index >= 15 is 0 Å². The van der Waals surface area contributed by atoms with Crippen LogP contribution in [0.5, 0.6) is 0 Å². The molecular formula is C16H30N2O3. The van der Waals surface area contributed by atoms with E-state index in [-0.39, 0.29) is 11.7 Å². The van der Waals surface area contributed by atoms with Crippen LogP contribution < -0.4 is 5.32 Å². The summed E-state index contributed by atoms with van der Waals surface area (Å²) in [7, 11) is 1.67. The summed E-state index contributed by atoms with van der Waals surface area (Å²) in [4.78, 5) is 14.8. The molecule has 1 atom stereocenters. The Morgan fingerprint density at radius 3 is 2.62 bits per heavy atom. The van der Waals surface area contributed by atoms with Crippen LogP contribution in [0.15, 0.2) is 0 Å². The number of hydrogen-bond donors (Lipinski definition) is 1. The lowest BCUT2D eigenvalue weighted by Crippen LogP contribution is -2.44. The molecule has 1 heterocycles. The Labute approximate surface area is 128 Å². The molecule has 0 aromatic heterocycles. The van der Waals surface area contributed by atoms with E-state index in [9.17, 15) is 4.79 Å². The van der Waals surface area contributed by atoms with E-state index in [1.165, 1.54) is 0 Å². The Bertz CT molecular complexity index is 340. The first-order chi connectivity index (χ1) is 10.1. The first kappa shape index (κ1) is 16.7. The van der Waals surface area contributed by atoms with Crippen molar-refractivity contribution in [3.63, 3.8) is 0 Å². The van der Waals surface area contributed by atoms with Gasteiger partial charge in [0.1, 0.15) is 0 Å². The molecule has 1 N–H and O–H groups in total. The van der Waals surface area contributed by atoms with Gasteiger partial charge in [-0.15, -0.1) is 0 Å². The molecule has 1 aliphatic heterocycles. The number of ether oxygens (including phenoxy) is 2.